The molecule has 0 unspecified atom stereocenters. The summed E-state index contributed by atoms with van der Waals surface area (Å²) in [5.41, 5.74) is 5.66. The van der Waals surface area contributed by atoms with E-state index in [9.17, 15) is 5.26 Å². The minimum absolute atomic E-state index is 0.642. The van der Waals surface area contributed by atoms with Gasteiger partial charge in [0.2, 0.25) is 0 Å². The predicted octanol–water partition coefficient (Wildman–Crippen LogP) is 4.57. The maximum atomic E-state index is 9.42. The summed E-state index contributed by atoms with van der Waals surface area (Å²) in [5.74, 6) is 0.808. The Hall–Kier alpha value is -3.32. The van der Waals surface area contributed by atoms with Gasteiger partial charge in [0.15, 0.2) is 0 Å². The molecule has 0 aliphatic rings. The number of fused-ring (bicyclic) bond motifs is 3. The van der Waals surface area contributed by atoms with Crippen molar-refractivity contribution in [2.45, 2.75) is 6.92 Å². The average molecular weight is 313 g/mol. The first-order valence-corrected chi connectivity index (χ1v) is 7.67. The van der Waals surface area contributed by atoms with E-state index in [1.54, 1.807) is 13.3 Å². The van der Waals surface area contributed by atoms with Gasteiger partial charge in [-0.3, -0.25) is 4.98 Å². The van der Waals surface area contributed by atoms with Crippen molar-refractivity contribution >= 4 is 21.8 Å². The Balaban J connectivity index is 2.08. The highest BCUT2D eigenvalue weighted by atomic mass is 16.5. The standard InChI is InChI=1S/C20H15N3O/c1-12-19-16(7-8-22-12)18-10-13(11-21)9-17(20(18)23-19)14-3-5-15(24-2)6-4-14/h3-10,23H,1-2H3. The summed E-state index contributed by atoms with van der Waals surface area (Å²) in [6.07, 6.45) is 1.80. The van der Waals surface area contributed by atoms with Gasteiger partial charge >= 0.3 is 0 Å². The minimum Gasteiger partial charge on any atom is -0.497 e. The number of rotatable bonds is 2. The Bertz CT molecular complexity index is 1100. The van der Waals surface area contributed by atoms with E-state index in [2.05, 4.69) is 16.0 Å². The molecule has 0 aliphatic carbocycles. The van der Waals surface area contributed by atoms with E-state index in [-0.39, 0.29) is 0 Å². The molecule has 2 aromatic carbocycles. The fourth-order valence-electron chi connectivity index (χ4n) is 3.13. The number of nitriles is 1. The Kier molecular flexibility index (Phi) is 3.21. The maximum Gasteiger partial charge on any atom is 0.118 e. The van der Waals surface area contributed by atoms with Gasteiger partial charge in [0.25, 0.3) is 0 Å². The van der Waals surface area contributed by atoms with Gasteiger partial charge in [-0.15, -0.1) is 0 Å². The number of aromatic nitrogens is 2. The minimum atomic E-state index is 0.642. The fraction of sp³-hybridized carbons (Fsp3) is 0.100. The average Bonchev–Trinajstić information content (AvgIpc) is 3.01. The van der Waals surface area contributed by atoms with Crippen LogP contribution in [0.25, 0.3) is 32.9 Å². The quantitative estimate of drug-likeness (QED) is 0.589. The van der Waals surface area contributed by atoms with Crippen LogP contribution in [-0.2, 0) is 0 Å². The first-order chi connectivity index (χ1) is 11.7. The van der Waals surface area contributed by atoms with Crippen LogP contribution in [0.15, 0.2) is 48.7 Å². The maximum absolute atomic E-state index is 9.42. The number of nitrogens with zero attached hydrogens (tertiary/aromatic N) is 2. The van der Waals surface area contributed by atoms with E-state index in [1.165, 1.54) is 0 Å². The SMILES string of the molecule is COc1ccc(-c2cc(C#N)cc3c2[nH]c2c(C)nccc23)cc1. The van der Waals surface area contributed by atoms with Gasteiger partial charge in [-0.1, -0.05) is 12.1 Å². The van der Waals surface area contributed by atoms with Crippen LogP contribution < -0.4 is 4.74 Å². The summed E-state index contributed by atoms with van der Waals surface area (Å²) >= 11 is 0. The number of aromatic amines is 1. The summed E-state index contributed by atoms with van der Waals surface area (Å²) in [5, 5.41) is 11.6. The van der Waals surface area contributed by atoms with E-state index in [4.69, 9.17) is 4.74 Å². The third kappa shape index (κ3) is 2.10. The monoisotopic (exact) mass is 313 g/mol. The number of ether oxygens (including phenoxy) is 1. The lowest BCUT2D eigenvalue weighted by Crippen LogP contribution is -1.86. The molecular weight excluding hydrogens is 298 g/mol. The highest BCUT2D eigenvalue weighted by molar-refractivity contribution is 6.12. The molecule has 0 saturated heterocycles. The van der Waals surface area contributed by atoms with Crippen LogP contribution in [0.4, 0.5) is 0 Å². The second kappa shape index (κ2) is 5.39. The molecule has 1 N–H and O–H groups in total. The molecule has 0 aliphatic heterocycles. The summed E-state index contributed by atoms with van der Waals surface area (Å²) in [7, 11) is 1.65. The molecule has 4 nitrogen and oxygen atoms in total. The molecule has 4 heteroatoms. The summed E-state index contributed by atoms with van der Waals surface area (Å²) in [6, 6.07) is 16.0. The molecule has 4 aromatic rings. The zero-order valence-electron chi connectivity index (χ0n) is 13.4. The molecule has 2 heterocycles. The lowest BCUT2D eigenvalue weighted by Gasteiger charge is -2.06. The largest absolute Gasteiger partial charge is 0.497 e. The van der Waals surface area contributed by atoms with E-state index >= 15 is 0 Å². The van der Waals surface area contributed by atoms with Crippen molar-refractivity contribution in [1.82, 2.24) is 9.97 Å². The number of nitrogens with one attached hydrogen (secondary N) is 1. The number of pyridine rings is 1. The van der Waals surface area contributed by atoms with Crippen molar-refractivity contribution in [2.75, 3.05) is 7.11 Å². The van der Waals surface area contributed by atoms with Crippen molar-refractivity contribution in [3.63, 3.8) is 0 Å². The molecular formula is C20H15N3O. The molecule has 0 amide bonds. The van der Waals surface area contributed by atoms with E-state index in [0.29, 0.717) is 5.56 Å². The molecule has 4 rings (SSSR count). The van der Waals surface area contributed by atoms with Crippen molar-refractivity contribution in [3.8, 4) is 22.9 Å². The normalized spacial score (nSPS) is 10.9. The topological polar surface area (TPSA) is 61.7 Å². The first-order valence-electron chi connectivity index (χ1n) is 7.67. The van der Waals surface area contributed by atoms with E-state index in [0.717, 1.165) is 44.4 Å². The van der Waals surface area contributed by atoms with Gasteiger partial charge < -0.3 is 9.72 Å². The molecule has 0 fully saturated rings. The highest BCUT2D eigenvalue weighted by Crippen LogP contribution is 2.35. The van der Waals surface area contributed by atoms with Crippen LogP contribution in [0, 0.1) is 18.3 Å². The number of methoxy groups -OCH3 is 1. The second-order valence-corrected chi connectivity index (χ2v) is 5.73. The highest BCUT2D eigenvalue weighted by Gasteiger charge is 2.13. The summed E-state index contributed by atoms with van der Waals surface area (Å²) < 4.78 is 5.23. The molecule has 116 valence electrons. The zero-order chi connectivity index (χ0) is 16.7. The van der Waals surface area contributed by atoms with Crippen LogP contribution in [0.3, 0.4) is 0 Å². The lowest BCUT2D eigenvalue weighted by atomic mass is 9.99. The molecule has 0 atom stereocenters. The van der Waals surface area contributed by atoms with Crippen molar-refractivity contribution in [1.29, 1.82) is 5.26 Å². The molecule has 0 saturated carbocycles. The molecule has 2 aromatic heterocycles. The van der Waals surface area contributed by atoms with Crippen LogP contribution in [0.5, 0.6) is 5.75 Å². The summed E-state index contributed by atoms with van der Waals surface area (Å²) in [6.45, 7) is 1.98. The lowest BCUT2D eigenvalue weighted by molar-refractivity contribution is 0.415. The van der Waals surface area contributed by atoms with Crippen LogP contribution >= 0.6 is 0 Å². The zero-order valence-corrected chi connectivity index (χ0v) is 13.4. The number of aryl methyl sites for hydroxylation is 1. The fourth-order valence-corrected chi connectivity index (χ4v) is 3.13. The molecule has 0 spiro atoms. The third-order valence-electron chi connectivity index (χ3n) is 4.35. The van der Waals surface area contributed by atoms with Crippen LogP contribution in [0.2, 0.25) is 0 Å². The van der Waals surface area contributed by atoms with Gasteiger partial charge in [0.05, 0.1) is 35.5 Å². The summed E-state index contributed by atoms with van der Waals surface area (Å²) in [4.78, 5) is 7.85. The number of benzene rings is 2. The Morgan fingerprint density at radius 2 is 1.83 bits per heavy atom. The van der Waals surface area contributed by atoms with Gasteiger partial charge in [-0.05, 0) is 42.8 Å². The first kappa shape index (κ1) is 14.3. The van der Waals surface area contributed by atoms with E-state index < -0.39 is 0 Å². The van der Waals surface area contributed by atoms with E-state index in [1.807, 2.05) is 49.4 Å². The Morgan fingerprint density at radius 3 is 2.54 bits per heavy atom. The molecule has 0 bridgehead atoms. The van der Waals surface area contributed by atoms with Gasteiger partial charge in [-0.25, -0.2) is 0 Å². The van der Waals surface area contributed by atoms with Gasteiger partial charge in [0.1, 0.15) is 5.75 Å². The second-order valence-electron chi connectivity index (χ2n) is 5.73. The van der Waals surface area contributed by atoms with Crippen molar-refractivity contribution in [3.05, 3.63) is 59.9 Å². The number of hydrogen-bond acceptors (Lipinski definition) is 3. The molecule has 0 radical (unpaired) electrons. The van der Waals surface area contributed by atoms with Gasteiger partial charge in [-0.2, -0.15) is 5.26 Å². The smallest absolute Gasteiger partial charge is 0.118 e. The number of hydrogen-bond donors (Lipinski definition) is 1. The predicted molar refractivity (Wildman–Crippen MR) is 95.0 cm³/mol. The Morgan fingerprint density at radius 1 is 1.04 bits per heavy atom. The van der Waals surface area contributed by atoms with Crippen LogP contribution in [0.1, 0.15) is 11.3 Å². The van der Waals surface area contributed by atoms with Gasteiger partial charge in [0, 0.05) is 22.5 Å². The van der Waals surface area contributed by atoms with Crippen molar-refractivity contribution in [2.24, 2.45) is 0 Å². The number of H-pyrrole nitrogens is 1. The van der Waals surface area contributed by atoms with Crippen LogP contribution in [-0.4, -0.2) is 17.1 Å². The Labute approximate surface area is 139 Å². The van der Waals surface area contributed by atoms with Crippen molar-refractivity contribution < 1.29 is 4.74 Å². The third-order valence-corrected chi connectivity index (χ3v) is 4.35. The molecule has 24 heavy (non-hydrogen) atoms.